The first-order valence-electron chi connectivity index (χ1n) is 4.25. The first-order chi connectivity index (χ1) is 6.77. The number of halogens is 1. The molecule has 1 rings (SSSR count). The quantitative estimate of drug-likeness (QED) is 0.828. The molecule has 14 heavy (non-hydrogen) atoms. The molecule has 0 unspecified atom stereocenters. The minimum Gasteiger partial charge on any atom is -0.396 e. The zero-order valence-corrected chi connectivity index (χ0v) is 8.33. The van der Waals surface area contributed by atoms with Crippen molar-refractivity contribution >= 4 is 17.7 Å². The normalized spacial score (nSPS) is 10.4. The van der Waals surface area contributed by atoms with E-state index in [0.29, 0.717) is 17.0 Å². The lowest BCUT2D eigenvalue weighted by atomic mass is 10.1. The number of rotatable bonds is 3. The summed E-state index contributed by atoms with van der Waals surface area (Å²) in [4.78, 5) is 0. The molecule has 3 heteroatoms. The molecule has 0 aliphatic rings. The van der Waals surface area contributed by atoms with Gasteiger partial charge < -0.3 is 5.11 Å². The highest BCUT2D eigenvalue weighted by Crippen LogP contribution is 2.18. The Morgan fingerprint density at radius 1 is 1.50 bits per heavy atom. The topological polar surface area (TPSA) is 44.0 Å². The molecule has 0 heterocycles. The van der Waals surface area contributed by atoms with Crippen LogP contribution >= 0.6 is 11.6 Å². The Balaban J connectivity index is 2.90. The van der Waals surface area contributed by atoms with Crippen LogP contribution in [0.25, 0.3) is 6.08 Å². The van der Waals surface area contributed by atoms with Crippen LogP contribution in [0.2, 0.25) is 5.02 Å². The smallest absolute Gasteiger partial charge is 0.0991 e. The van der Waals surface area contributed by atoms with Crippen LogP contribution in [0.1, 0.15) is 17.5 Å². The van der Waals surface area contributed by atoms with E-state index in [-0.39, 0.29) is 6.61 Å². The lowest BCUT2D eigenvalue weighted by Gasteiger charge is -1.97. The predicted molar refractivity (Wildman–Crippen MR) is 56.9 cm³/mol. The van der Waals surface area contributed by atoms with Gasteiger partial charge in [-0.15, -0.1) is 0 Å². The van der Waals surface area contributed by atoms with Gasteiger partial charge in [0.05, 0.1) is 11.6 Å². The number of hydrogen-bond donors (Lipinski definition) is 1. The molecule has 0 aliphatic heterocycles. The van der Waals surface area contributed by atoms with E-state index >= 15 is 0 Å². The predicted octanol–water partition coefficient (Wildman–Crippen LogP) is 2.61. The first-order valence-corrected chi connectivity index (χ1v) is 4.63. The van der Waals surface area contributed by atoms with Crippen molar-refractivity contribution in [2.75, 3.05) is 6.61 Å². The van der Waals surface area contributed by atoms with Crippen LogP contribution in [0, 0.1) is 11.3 Å². The molecule has 2 nitrogen and oxygen atoms in total. The molecule has 0 amide bonds. The number of hydrogen-bond acceptors (Lipinski definition) is 2. The Hall–Kier alpha value is -1.30. The maximum Gasteiger partial charge on any atom is 0.0991 e. The van der Waals surface area contributed by atoms with Gasteiger partial charge in [0.2, 0.25) is 0 Å². The van der Waals surface area contributed by atoms with Crippen LogP contribution in [0.5, 0.6) is 0 Å². The van der Waals surface area contributed by atoms with Crippen molar-refractivity contribution in [1.29, 1.82) is 5.26 Å². The van der Waals surface area contributed by atoms with Crippen LogP contribution in [-0.4, -0.2) is 11.7 Å². The summed E-state index contributed by atoms with van der Waals surface area (Å²) in [6, 6.07) is 7.13. The first kappa shape index (κ1) is 10.8. The summed E-state index contributed by atoms with van der Waals surface area (Å²) in [7, 11) is 0. The maximum absolute atomic E-state index is 8.67. The Kier molecular flexibility index (Phi) is 4.18. The van der Waals surface area contributed by atoms with E-state index in [0.717, 1.165) is 5.56 Å². The van der Waals surface area contributed by atoms with Gasteiger partial charge in [0.1, 0.15) is 0 Å². The molecule has 0 radical (unpaired) electrons. The summed E-state index contributed by atoms with van der Waals surface area (Å²) in [5, 5.41) is 17.9. The van der Waals surface area contributed by atoms with Gasteiger partial charge in [-0.25, -0.2) is 0 Å². The molecule has 0 spiro atoms. The Bertz CT molecular complexity index is 379. The molecule has 0 aromatic heterocycles. The van der Waals surface area contributed by atoms with Gasteiger partial charge in [0.15, 0.2) is 0 Å². The van der Waals surface area contributed by atoms with Crippen LogP contribution in [0.15, 0.2) is 24.3 Å². The highest BCUT2D eigenvalue weighted by molar-refractivity contribution is 6.32. The average Bonchev–Trinajstić information content (AvgIpc) is 2.21. The van der Waals surface area contributed by atoms with E-state index in [1.807, 2.05) is 12.1 Å². The SMILES string of the molecule is N#Cc1ccc(Cl)c(C=CCCO)c1. The van der Waals surface area contributed by atoms with Gasteiger partial charge in [-0.05, 0) is 30.2 Å². The average molecular weight is 208 g/mol. The fraction of sp³-hybridized carbons (Fsp3) is 0.182. The minimum absolute atomic E-state index is 0.117. The minimum atomic E-state index is 0.117. The highest BCUT2D eigenvalue weighted by atomic mass is 35.5. The summed E-state index contributed by atoms with van der Waals surface area (Å²) in [6.45, 7) is 0.117. The van der Waals surface area contributed by atoms with Crippen molar-refractivity contribution in [2.24, 2.45) is 0 Å². The van der Waals surface area contributed by atoms with Gasteiger partial charge in [-0.2, -0.15) is 5.26 Å². The molecule has 1 aromatic carbocycles. The molecule has 1 N–H and O–H groups in total. The summed E-state index contributed by atoms with van der Waals surface area (Å²) in [5.41, 5.74) is 1.39. The fourth-order valence-electron chi connectivity index (χ4n) is 1.03. The zero-order chi connectivity index (χ0) is 10.4. The monoisotopic (exact) mass is 207 g/mol. The second-order valence-corrected chi connectivity index (χ2v) is 3.17. The van der Waals surface area contributed by atoms with E-state index < -0.39 is 0 Å². The Morgan fingerprint density at radius 2 is 2.29 bits per heavy atom. The summed E-state index contributed by atoms with van der Waals surface area (Å²) in [5.74, 6) is 0. The van der Waals surface area contributed by atoms with Gasteiger partial charge >= 0.3 is 0 Å². The summed E-state index contributed by atoms with van der Waals surface area (Å²) < 4.78 is 0. The summed E-state index contributed by atoms with van der Waals surface area (Å²) in [6.07, 6.45) is 4.22. The number of nitrogens with zero attached hydrogens (tertiary/aromatic N) is 1. The second-order valence-electron chi connectivity index (χ2n) is 2.76. The van der Waals surface area contributed by atoms with Crippen molar-refractivity contribution in [3.05, 3.63) is 40.4 Å². The Morgan fingerprint density at radius 3 is 2.93 bits per heavy atom. The number of benzene rings is 1. The number of aliphatic hydroxyl groups excluding tert-OH is 1. The third-order valence-corrected chi connectivity index (χ3v) is 2.06. The molecule has 0 saturated carbocycles. The van der Waals surface area contributed by atoms with Gasteiger partial charge in [-0.1, -0.05) is 23.8 Å². The van der Waals surface area contributed by atoms with Crippen molar-refractivity contribution in [3.8, 4) is 6.07 Å². The van der Waals surface area contributed by atoms with Crippen molar-refractivity contribution in [2.45, 2.75) is 6.42 Å². The van der Waals surface area contributed by atoms with Crippen LogP contribution < -0.4 is 0 Å². The molecule has 0 fully saturated rings. The molecular formula is C11H10ClNO. The summed E-state index contributed by atoms with van der Waals surface area (Å²) >= 11 is 5.91. The highest BCUT2D eigenvalue weighted by Gasteiger charge is 1.97. The van der Waals surface area contributed by atoms with Crippen molar-refractivity contribution in [3.63, 3.8) is 0 Å². The fourth-order valence-corrected chi connectivity index (χ4v) is 1.21. The Labute approximate surface area is 88.1 Å². The zero-order valence-electron chi connectivity index (χ0n) is 7.57. The third-order valence-electron chi connectivity index (χ3n) is 1.72. The van der Waals surface area contributed by atoms with E-state index in [1.165, 1.54) is 0 Å². The molecule has 0 bridgehead atoms. The third kappa shape index (κ3) is 2.88. The van der Waals surface area contributed by atoms with Crippen LogP contribution in [-0.2, 0) is 0 Å². The van der Waals surface area contributed by atoms with E-state index in [9.17, 15) is 0 Å². The number of aliphatic hydroxyl groups is 1. The van der Waals surface area contributed by atoms with Gasteiger partial charge in [0.25, 0.3) is 0 Å². The van der Waals surface area contributed by atoms with Crippen LogP contribution in [0.3, 0.4) is 0 Å². The second kappa shape index (κ2) is 5.43. The molecule has 1 aromatic rings. The standard InChI is InChI=1S/C11H10ClNO/c12-11-5-4-9(8-13)7-10(11)3-1-2-6-14/h1,3-5,7,14H,2,6H2. The van der Waals surface area contributed by atoms with Gasteiger partial charge in [0, 0.05) is 11.6 Å². The van der Waals surface area contributed by atoms with Crippen LogP contribution in [0.4, 0.5) is 0 Å². The van der Waals surface area contributed by atoms with E-state index in [1.54, 1.807) is 24.3 Å². The van der Waals surface area contributed by atoms with Crippen molar-refractivity contribution in [1.82, 2.24) is 0 Å². The van der Waals surface area contributed by atoms with E-state index in [2.05, 4.69) is 0 Å². The van der Waals surface area contributed by atoms with E-state index in [4.69, 9.17) is 22.0 Å². The molecule has 0 saturated heterocycles. The van der Waals surface area contributed by atoms with Gasteiger partial charge in [-0.3, -0.25) is 0 Å². The van der Waals surface area contributed by atoms with Crippen molar-refractivity contribution < 1.29 is 5.11 Å². The maximum atomic E-state index is 8.67. The molecule has 0 atom stereocenters. The molecular weight excluding hydrogens is 198 g/mol. The number of nitriles is 1. The molecule has 72 valence electrons. The lowest BCUT2D eigenvalue weighted by Crippen LogP contribution is -1.80. The lowest BCUT2D eigenvalue weighted by molar-refractivity contribution is 0.303. The molecule has 0 aliphatic carbocycles. The largest absolute Gasteiger partial charge is 0.396 e.